The normalized spacial score (nSPS) is 20.1. The zero-order chi connectivity index (χ0) is 35.7. The lowest BCUT2D eigenvalue weighted by Crippen LogP contribution is -2.54. The quantitative estimate of drug-likeness (QED) is 0.293. The van der Waals surface area contributed by atoms with Gasteiger partial charge in [0.15, 0.2) is 0 Å². The summed E-state index contributed by atoms with van der Waals surface area (Å²) in [7, 11) is 0. The van der Waals surface area contributed by atoms with E-state index in [9.17, 15) is 37.1 Å². The van der Waals surface area contributed by atoms with Crippen molar-refractivity contribution in [1.82, 2.24) is 20.0 Å². The molecule has 4 heterocycles. The van der Waals surface area contributed by atoms with Crippen LogP contribution in [0.15, 0.2) is 36.4 Å². The first-order chi connectivity index (χ1) is 23.7. The lowest BCUT2D eigenvalue weighted by Gasteiger charge is -2.41. The highest BCUT2D eigenvalue weighted by Crippen LogP contribution is 2.42. The van der Waals surface area contributed by atoms with Gasteiger partial charge in [-0.05, 0) is 75.9 Å². The maximum Gasteiger partial charge on any atom is 0.416 e. The van der Waals surface area contributed by atoms with Gasteiger partial charge >= 0.3 is 6.18 Å². The summed E-state index contributed by atoms with van der Waals surface area (Å²) >= 11 is 6.11. The Balaban J connectivity index is 1.03. The van der Waals surface area contributed by atoms with Gasteiger partial charge in [-0.2, -0.15) is 18.3 Å². The van der Waals surface area contributed by atoms with E-state index >= 15 is 0 Å². The number of hydrogen-bond donors (Lipinski definition) is 2. The van der Waals surface area contributed by atoms with Gasteiger partial charge in [0.1, 0.15) is 11.6 Å². The third-order valence-corrected chi connectivity index (χ3v) is 10.2. The average Bonchev–Trinajstić information content (AvgIpc) is 3.43. The lowest BCUT2D eigenvalue weighted by atomic mass is 9.75. The van der Waals surface area contributed by atoms with Crippen LogP contribution in [0.2, 0.25) is 5.02 Å². The first-order valence-electron chi connectivity index (χ1n) is 16.0. The topological polar surface area (TPSA) is 134 Å². The van der Waals surface area contributed by atoms with E-state index in [2.05, 4.69) is 27.6 Å². The summed E-state index contributed by atoms with van der Waals surface area (Å²) in [6.07, 6.45) is -2.69. The van der Waals surface area contributed by atoms with Crippen LogP contribution in [0, 0.1) is 31.6 Å². The maximum atomic E-state index is 13.6. The van der Waals surface area contributed by atoms with Crippen molar-refractivity contribution in [3.8, 4) is 11.8 Å². The lowest BCUT2D eigenvalue weighted by molar-refractivity contribution is -0.138. The van der Waals surface area contributed by atoms with Gasteiger partial charge in [0.05, 0.1) is 50.3 Å². The number of rotatable bonds is 5. The molecule has 3 aliphatic heterocycles. The number of aryl methyl sites for hydroxylation is 1. The third kappa shape index (κ3) is 5.49. The molecule has 11 nitrogen and oxygen atoms in total. The van der Waals surface area contributed by atoms with Crippen molar-refractivity contribution < 1.29 is 37.1 Å². The van der Waals surface area contributed by atoms with Gasteiger partial charge in [-0.25, -0.2) is 0 Å². The van der Waals surface area contributed by atoms with Gasteiger partial charge in [0.2, 0.25) is 11.8 Å². The molecule has 1 aromatic heterocycles. The summed E-state index contributed by atoms with van der Waals surface area (Å²) < 4.78 is 41.0. The fourth-order valence-electron chi connectivity index (χ4n) is 6.93. The van der Waals surface area contributed by atoms with Crippen LogP contribution in [-0.4, -0.2) is 63.3 Å². The number of alkyl halides is 3. The Morgan fingerprint density at radius 3 is 2.40 bits per heavy atom. The van der Waals surface area contributed by atoms with Crippen LogP contribution in [-0.2, 0) is 26.1 Å². The highest BCUT2D eigenvalue weighted by Gasteiger charge is 2.49. The molecule has 2 aromatic carbocycles. The van der Waals surface area contributed by atoms with E-state index in [0.29, 0.717) is 42.9 Å². The number of carbonyl (C=O) groups excluding carboxylic acids is 5. The number of hydrogen-bond acceptors (Lipinski definition) is 7. The van der Waals surface area contributed by atoms with Crippen molar-refractivity contribution in [2.45, 2.75) is 63.7 Å². The molecule has 50 heavy (non-hydrogen) atoms. The van der Waals surface area contributed by atoms with E-state index in [-0.39, 0.29) is 40.6 Å². The summed E-state index contributed by atoms with van der Waals surface area (Å²) in [5.74, 6) is 3.86. The van der Waals surface area contributed by atoms with Crippen LogP contribution in [0.4, 0.5) is 24.5 Å². The predicted octanol–water partition coefficient (Wildman–Crippen LogP) is 4.58. The maximum absolute atomic E-state index is 13.6. The second kappa shape index (κ2) is 12.0. The molecular weight excluding hydrogens is 677 g/mol. The molecule has 5 amide bonds. The minimum atomic E-state index is -4.56. The SMILES string of the molecule is Cc1nn(C2(C(=O)Nc3ccc(C(F)(F)F)cc3Cl)CCC2)c(C)c1C#CC1CN(c2ccc3c(c2)C(=O)N(C2CCC(=O)NC2=O)C3=O)C1. The number of piperidine rings is 1. The number of benzene rings is 2. The Labute approximate surface area is 289 Å². The van der Waals surface area contributed by atoms with Crippen molar-refractivity contribution in [2.24, 2.45) is 5.92 Å². The largest absolute Gasteiger partial charge is 0.416 e. The van der Waals surface area contributed by atoms with Crippen molar-refractivity contribution in [1.29, 1.82) is 0 Å². The van der Waals surface area contributed by atoms with E-state index in [1.54, 1.807) is 29.8 Å². The van der Waals surface area contributed by atoms with E-state index in [4.69, 9.17) is 11.6 Å². The van der Waals surface area contributed by atoms with Crippen molar-refractivity contribution in [3.63, 3.8) is 0 Å². The average molecular weight is 707 g/mol. The number of fused-ring (bicyclic) bond motifs is 1. The first-order valence-corrected chi connectivity index (χ1v) is 16.4. The molecule has 0 radical (unpaired) electrons. The van der Waals surface area contributed by atoms with Crippen LogP contribution in [0.3, 0.4) is 0 Å². The number of anilines is 2. The van der Waals surface area contributed by atoms with Gasteiger partial charge in [0.25, 0.3) is 17.7 Å². The zero-order valence-corrected chi connectivity index (χ0v) is 27.7. The number of aromatic nitrogens is 2. The standard InChI is InChI=1S/C35H30ClF3N6O5/c1-18-23(19(2)45(42-18)34(12-3-13-34)33(50)40-27-9-5-21(14-26(27)36)35(37,38)39)7-4-20-16-43(17-20)22-6-8-24-25(15-22)32(49)44(31(24)48)28-10-11-29(46)41-30(28)47/h5-6,8-9,14-15,20,28H,3,10-13,16-17H2,1-2H3,(H,40,50)(H,41,46,47). The summed E-state index contributed by atoms with van der Waals surface area (Å²) in [4.78, 5) is 66.7. The Morgan fingerprint density at radius 2 is 1.76 bits per heavy atom. The van der Waals surface area contributed by atoms with Crippen LogP contribution in [0.1, 0.15) is 75.3 Å². The smallest absolute Gasteiger partial charge is 0.369 e. The Kier molecular flexibility index (Phi) is 8.01. The number of amides is 5. The van der Waals surface area contributed by atoms with Gasteiger partial charge in [-0.3, -0.25) is 38.9 Å². The summed E-state index contributed by atoms with van der Waals surface area (Å²) in [5.41, 5.74) is 1.31. The molecule has 0 spiro atoms. The number of nitrogens with zero attached hydrogens (tertiary/aromatic N) is 4. The molecule has 1 saturated carbocycles. The van der Waals surface area contributed by atoms with E-state index < -0.39 is 52.9 Å². The molecule has 1 aliphatic carbocycles. The molecule has 258 valence electrons. The van der Waals surface area contributed by atoms with E-state index in [1.165, 1.54) is 0 Å². The molecule has 3 aromatic rings. The second-order valence-corrected chi connectivity index (χ2v) is 13.4. The van der Waals surface area contributed by atoms with Crippen LogP contribution in [0.5, 0.6) is 0 Å². The zero-order valence-electron chi connectivity index (χ0n) is 26.9. The summed E-state index contributed by atoms with van der Waals surface area (Å²) in [6, 6.07) is 6.74. The molecule has 0 bridgehead atoms. The monoisotopic (exact) mass is 706 g/mol. The minimum Gasteiger partial charge on any atom is -0.369 e. The van der Waals surface area contributed by atoms with E-state index in [0.717, 1.165) is 35.2 Å². The van der Waals surface area contributed by atoms with Crippen LogP contribution in [0.25, 0.3) is 0 Å². The molecule has 1 unspecified atom stereocenters. The molecule has 7 rings (SSSR count). The summed E-state index contributed by atoms with van der Waals surface area (Å²) in [5, 5.41) is 9.35. The second-order valence-electron chi connectivity index (χ2n) is 13.0. The van der Waals surface area contributed by atoms with Crippen LogP contribution >= 0.6 is 11.6 Å². The van der Waals surface area contributed by atoms with Gasteiger partial charge in [-0.1, -0.05) is 23.4 Å². The van der Waals surface area contributed by atoms with Gasteiger partial charge in [0, 0.05) is 25.2 Å². The van der Waals surface area contributed by atoms with E-state index in [1.807, 2.05) is 11.8 Å². The highest BCUT2D eigenvalue weighted by molar-refractivity contribution is 6.33. The van der Waals surface area contributed by atoms with Gasteiger partial charge < -0.3 is 10.2 Å². The molecule has 1 atom stereocenters. The fourth-order valence-corrected chi connectivity index (χ4v) is 7.16. The van der Waals surface area contributed by atoms with Gasteiger partial charge in [-0.15, -0.1) is 0 Å². The van der Waals surface area contributed by atoms with Crippen molar-refractivity contribution in [2.75, 3.05) is 23.3 Å². The van der Waals surface area contributed by atoms with Crippen molar-refractivity contribution >= 4 is 52.5 Å². The molecule has 4 aliphatic rings. The Morgan fingerprint density at radius 1 is 1.04 bits per heavy atom. The predicted molar refractivity (Wildman–Crippen MR) is 174 cm³/mol. The molecular formula is C35H30ClF3N6O5. The molecule has 2 N–H and O–H groups in total. The molecule has 15 heteroatoms. The van der Waals surface area contributed by atoms with Crippen molar-refractivity contribution in [3.05, 3.63) is 75.1 Å². The molecule has 2 saturated heterocycles. The highest BCUT2D eigenvalue weighted by atomic mass is 35.5. The Bertz CT molecular complexity index is 2070. The Hall–Kier alpha value is -5.16. The van der Waals surface area contributed by atoms with Crippen LogP contribution < -0.4 is 15.5 Å². The number of imide groups is 2. The third-order valence-electron chi connectivity index (χ3n) is 9.92. The molecule has 3 fully saturated rings. The first kappa shape index (κ1) is 33.3. The minimum absolute atomic E-state index is 0.00881. The number of carbonyl (C=O) groups is 5. The fraction of sp³-hybridized carbons (Fsp3) is 0.371. The summed E-state index contributed by atoms with van der Waals surface area (Å²) in [6.45, 7) is 4.77. The number of halogens is 4. The number of nitrogens with one attached hydrogen (secondary N) is 2.